The highest BCUT2D eigenvalue weighted by molar-refractivity contribution is 6.06. The highest BCUT2D eigenvalue weighted by atomic mass is 16.5. The third-order valence-corrected chi connectivity index (χ3v) is 4.55. The summed E-state index contributed by atoms with van der Waals surface area (Å²) in [6.45, 7) is 0. The molecular formula is C22H19N3O2. The molecule has 4 aromatic rings. The minimum atomic E-state index is -0.158. The maximum atomic E-state index is 12.6. The van der Waals surface area contributed by atoms with Crippen molar-refractivity contribution in [1.29, 1.82) is 0 Å². The molecule has 0 radical (unpaired) electrons. The van der Waals surface area contributed by atoms with Gasteiger partial charge in [0.15, 0.2) is 0 Å². The Balaban J connectivity index is 1.94. The summed E-state index contributed by atoms with van der Waals surface area (Å²) in [5.74, 6) is 0.632. The zero-order valence-corrected chi connectivity index (χ0v) is 15.1. The van der Waals surface area contributed by atoms with Crippen molar-refractivity contribution in [2.45, 2.75) is 0 Å². The van der Waals surface area contributed by atoms with Crippen LogP contribution in [0.2, 0.25) is 0 Å². The normalized spacial score (nSPS) is 10.7. The number of amides is 1. The smallest absolute Gasteiger partial charge is 0.255 e. The average Bonchev–Trinajstić information content (AvgIpc) is 3.12. The summed E-state index contributed by atoms with van der Waals surface area (Å²) in [5.41, 5.74) is 4.82. The Bertz CT molecular complexity index is 1120. The van der Waals surface area contributed by atoms with E-state index in [2.05, 4.69) is 5.32 Å². The molecule has 0 aliphatic carbocycles. The van der Waals surface area contributed by atoms with Gasteiger partial charge in [0.25, 0.3) is 5.91 Å². The SMILES string of the molecule is CNC(=O)c1c(-c2ccccc2)nn2cc(-c3ccccc3OC)ccc12. The third kappa shape index (κ3) is 2.93. The Morgan fingerprint density at radius 3 is 2.44 bits per heavy atom. The second kappa shape index (κ2) is 6.96. The molecule has 2 heterocycles. The molecule has 1 amide bonds. The summed E-state index contributed by atoms with van der Waals surface area (Å²) in [7, 11) is 3.28. The van der Waals surface area contributed by atoms with Crippen LogP contribution in [0.4, 0.5) is 0 Å². The fourth-order valence-electron chi connectivity index (χ4n) is 3.24. The van der Waals surface area contributed by atoms with E-state index in [1.807, 2.05) is 72.9 Å². The monoisotopic (exact) mass is 357 g/mol. The first kappa shape index (κ1) is 16.8. The van der Waals surface area contributed by atoms with Gasteiger partial charge in [0.2, 0.25) is 0 Å². The van der Waals surface area contributed by atoms with E-state index in [-0.39, 0.29) is 5.91 Å². The molecule has 0 saturated heterocycles. The van der Waals surface area contributed by atoms with Gasteiger partial charge in [-0.05, 0) is 12.1 Å². The first-order valence-corrected chi connectivity index (χ1v) is 8.66. The fraction of sp³-hybridized carbons (Fsp3) is 0.0909. The van der Waals surface area contributed by atoms with Crippen LogP contribution in [0.15, 0.2) is 72.9 Å². The first-order chi connectivity index (χ1) is 13.2. The van der Waals surface area contributed by atoms with Crippen molar-refractivity contribution in [3.63, 3.8) is 0 Å². The lowest BCUT2D eigenvalue weighted by Gasteiger charge is -2.08. The van der Waals surface area contributed by atoms with Crippen molar-refractivity contribution in [3.05, 3.63) is 78.5 Å². The molecule has 4 rings (SSSR count). The van der Waals surface area contributed by atoms with Crippen molar-refractivity contribution in [2.75, 3.05) is 14.2 Å². The molecule has 1 N–H and O–H groups in total. The summed E-state index contributed by atoms with van der Waals surface area (Å²) < 4.78 is 7.23. The summed E-state index contributed by atoms with van der Waals surface area (Å²) in [4.78, 5) is 12.6. The molecule has 2 aromatic carbocycles. The van der Waals surface area contributed by atoms with Gasteiger partial charge in [-0.15, -0.1) is 0 Å². The number of nitrogens with one attached hydrogen (secondary N) is 1. The van der Waals surface area contributed by atoms with Crippen LogP contribution in [-0.2, 0) is 0 Å². The van der Waals surface area contributed by atoms with E-state index in [1.165, 1.54) is 0 Å². The quantitative estimate of drug-likeness (QED) is 0.600. The average molecular weight is 357 g/mol. The number of methoxy groups -OCH3 is 1. The number of hydrogen-bond acceptors (Lipinski definition) is 3. The standard InChI is InChI=1S/C22H19N3O2/c1-23-22(26)20-18-13-12-16(17-10-6-7-11-19(17)27-2)14-25(18)24-21(20)15-8-4-3-5-9-15/h3-14H,1-2H3,(H,23,26). The molecular weight excluding hydrogens is 338 g/mol. The van der Waals surface area contributed by atoms with Crippen molar-refractivity contribution in [2.24, 2.45) is 0 Å². The van der Waals surface area contributed by atoms with Gasteiger partial charge >= 0.3 is 0 Å². The first-order valence-electron chi connectivity index (χ1n) is 8.66. The molecule has 0 spiro atoms. The van der Waals surface area contributed by atoms with Gasteiger partial charge in [0.1, 0.15) is 11.4 Å². The van der Waals surface area contributed by atoms with Crippen molar-refractivity contribution in [1.82, 2.24) is 14.9 Å². The van der Waals surface area contributed by atoms with Crippen LogP contribution in [0.25, 0.3) is 27.9 Å². The number of ether oxygens (including phenoxy) is 1. The second-order valence-electron chi connectivity index (χ2n) is 6.12. The van der Waals surface area contributed by atoms with E-state index in [9.17, 15) is 4.79 Å². The molecule has 0 aliphatic rings. The number of rotatable bonds is 4. The van der Waals surface area contributed by atoms with Gasteiger partial charge in [-0.2, -0.15) is 5.10 Å². The van der Waals surface area contributed by atoms with E-state index in [4.69, 9.17) is 9.84 Å². The van der Waals surface area contributed by atoms with Crippen LogP contribution in [0, 0.1) is 0 Å². The van der Waals surface area contributed by atoms with E-state index in [0.29, 0.717) is 11.3 Å². The Labute approximate surface area is 157 Å². The molecule has 2 aromatic heterocycles. The maximum Gasteiger partial charge on any atom is 0.255 e. The lowest BCUT2D eigenvalue weighted by Crippen LogP contribution is -2.18. The molecule has 5 nitrogen and oxygen atoms in total. The van der Waals surface area contributed by atoms with Gasteiger partial charge in [-0.3, -0.25) is 4.79 Å². The molecule has 27 heavy (non-hydrogen) atoms. The Hall–Kier alpha value is -3.60. The van der Waals surface area contributed by atoms with E-state index < -0.39 is 0 Å². The zero-order chi connectivity index (χ0) is 18.8. The van der Waals surface area contributed by atoms with Crippen molar-refractivity contribution in [3.8, 4) is 28.1 Å². The lowest BCUT2D eigenvalue weighted by molar-refractivity contribution is 0.0965. The molecule has 0 atom stereocenters. The number of pyridine rings is 1. The van der Waals surface area contributed by atoms with Crippen LogP contribution in [-0.4, -0.2) is 29.7 Å². The number of carbonyl (C=O) groups excluding carboxylic acids is 1. The van der Waals surface area contributed by atoms with Crippen LogP contribution in [0.3, 0.4) is 0 Å². The molecule has 0 saturated carbocycles. The van der Waals surface area contributed by atoms with E-state index >= 15 is 0 Å². The second-order valence-corrected chi connectivity index (χ2v) is 6.12. The Morgan fingerprint density at radius 2 is 1.70 bits per heavy atom. The lowest BCUT2D eigenvalue weighted by atomic mass is 10.0. The van der Waals surface area contributed by atoms with Gasteiger partial charge in [-0.1, -0.05) is 54.6 Å². The molecule has 134 valence electrons. The highest BCUT2D eigenvalue weighted by Gasteiger charge is 2.20. The third-order valence-electron chi connectivity index (χ3n) is 4.55. The zero-order valence-electron chi connectivity index (χ0n) is 15.1. The maximum absolute atomic E-state index is 12.6. The van der Waals surface area contributed by atoms with Crippen LogP contribution < -0.4 is 10.1 Å². The van der Waals surface area contributed by atoms with Crippen LogP contribution in [0.5, 0.6) is 5.75 Å². The Kier molecular flexibility index (Phi) is 4.34. The highest BCUT2D eigenvalue weighted by Crippen LogP contribution is 2.32. The van der Waals surface area contributed by atoms with Crippen molar-refractivity contribution >= 4 is 11.4 Å². The van der Waals surface area contributed by atoms with Crippen LogP contribution in [0.1, 0.15) is 10.4 Å². The number of benzene rings is 2. The number of para-hydroxylation sites is 1. The largest absolute Gasteiger partial charge is 0.496 e. The van der Waals surface area contributed by atoms with Gasteiger partial charge in [-0.25, -0.2) is 4.52 Å². The summed E-state index contributed by atoms with van der Waals surface area (Å²) in [6.07, 6.45) is 1.92. The summed E-state index contributed by atoms with van der Waals surface area (Å²) in [6, 6.07) is 21.5. The minimum absolute atomic E-state index is 0.158. The minimum Gasteiger partial charge on any atom is -0.496 e. The number of nitrogens with zero attached hydrogens (tertiary/aromatic N) is 2. The van der Waals surface area contributed by atoms with E-state index in [1.54, 1.807) is 18.7 Å². The predicted octanol–water partition coefficient (Wildman–Crippen LogP) is 4.04. The molecule has 0 fully saturated rings. The predicted molar refractivity (Wildman–Crippen MR) is 106 cm³/mol. The van der Waals surface area contributed by atoms with Gasteiger partial charge in [0, 0.05) is 29.9 Å². The summed E-state index contributed by atoms with van der Waals surface area (Å²) >= 11 is 0. The van der Waals surface area contributed by atoms with Crippen molar-refractivity contribution < 1.29 is 9.53 Å². The Morgan fingerprint density at radius 1 is 0.963 bits per heavy atom. The number of aromatic nitrogens is 2. The number of hydrogen-bond donors (Lipinski definition) is 1. The topological polar surface area (TPSA) is 55.6 Å². The molecule has 0 bridgehead atoms. The van der Waals surface area contributed by atoms with Gasteiger partial charge in [0.05, 0.1) is 18.2 Å². The summed E-state index contributed by atoms with van der Waals surface area (Å²) in [5, 5.41) is 7.43. The van der Waals surface area contributed by atoms with Crippen LogP contribution >= 0.6 is 0 Å². The fourth-order valence-corrected chi connectivity index (χ4v) is 3.24. The molecule has 0 unspecified atom stereocenters. The number of fused-ring (bicyclic) bond motifs is 1. The molecule has 0 aliphatic heterocycles. The van der Waals surface area contributed by atoms with E-state index in [0.717, 1.165) is 28.0 Å². The van der Waals surface area contributed by atoms with Gasteiger partial charge < -0.3 is 10.1 Å². The molecule has 5 heteroatoms. The number of carbonyl (C=O) groups is 1.